The minimum absolute atomic E-state index is 0.507. The van der Waals surface area contributed by atoms with E-state index >= 15 is 0 Å². The Morgan fingerprint density at radius 2 is 0.850 bits per heavy atom. The summed E-state index contributed by atoms with van der Waals surface area (Å²) >= 11 is 0. The van der Waals surface area contributed by atoms with Gasteiger partial charge in [0.1, 0.15) is 0 Å². The Morgan fingerprint density at radius 1 is 0.625 bits per heavy atom. The maximum absolute atomic E-state index is 13.4. The third-order valence-electron chi connectivity index (χ3n) is 5.37. The molecule has 0 aliphatic carbocycles. The van der Waals surface area contributed by atoms with Crippen molar-refractivity contribution in [3.8, 4) is 0 Å². The van der Waals surface area contributed by atoms with E-state index < -0.39 is 99.4 Å². The van der Waals surface area contributed by atoms with Crippen molar-refractivity contribution >= 4 is 60.8 Å². The fourth-order valence-corrected chi connectivity index (χ4v) is 22.3. The van der Waals surface area contributed by atoms with Crippen LogP contribution in [0.2, 0.25) is 0 Å². The molecule has 1 aliphatic heterocycles. The molecule has 0 bridgehead atoms. The van der Waals surface area contributed by atoms with Gasteiger partial charge in [-0.2, -0.15) is 0 Å². The van der Waals surface area contributed by atoms with Gasteiger partial charge >= 0.3 is 65.8 Å². The first-order valence-electron chi connectivity index (χ1n) is 9.21. The maximum atomic E-state index is 13.4. The molecule has 0 spiro atoms. The van der Waals surface area contributed by atoms with E-state index in [9.17, 15) is 110 Å². The van der Waals surface area contributed by atoms with Crippen LogP contribution in [-0.2, 0) is 41.0 Å². The Labute approximate surface area is 221 Å². The molecule has 1 rings (SSSR count). The van der Waals surface area contributed by atoms with Crippen LogP contribution in [-0.4, -0.2) is 106 Å². The Bertz CT molecular complexity index is 1210. The van der Waals surface area contributed by atoms with E-state index in [1.165, 1.54) is 0 Å². The molecule has 3 atom stereocenters. The zero-order chi connectivity index (χ0) is 32.7. The molecule has 0 radical (unpaired) electrons. The molecule has 3 unspecified atom stereocenters. The number of rotatable bonds is 11. The van der Waals surface area contributed by atoms with Crippen molar-refractivity contribution in [2.24, 2.45) is 0 Å². The molecule has 0 saturated carbocycles. The van der Waals surface area contributed by atoms with Gasteiger partial charge < -0.3 is 77.9 Å². The lowest BCUT2D eigenvalue weighted by molar-refractivity contribution is -0.953. The summed E-state index contributed by atoms with van der Waals surface area (Å²) in [5, 5.41) is -5.34. The van der Waals surface area contributed by atoms with Gasteiger partial charge in [0.25, 0.3) is 16.6 Å². The Hall–Kier alpha value is 1.16. The van der Waals surface area contributed by atoms with Gasteiger partial charge in [-0.05, 0) is 6.92 Å². The van der Waals surface area contributed by atoms with Crippen molar-refractivity contribution in [1.82, 2.24) is 0 Å². The first kappa shape index (κ1) is 39.2. The van der Waals surface area contributed by atoms with Crippen LogP contribution in [0.25, 0.3) is 0 Å². The largest absolute Gasteiger partial charge is 0.401 e. The van der Waals surface area contributed by atoms with E-state index in [2.05, 4.69) is 4.52 Å². The van der Waals surface area contributed by atoms with Crippen LogP contribution >= 0.6 is 60.8 Å². The lowest BCUT2D eigenvalue weighted by atomic mass is 10.2. The van der Waals surface area contributed by atoms with Crippen molar-refractivity contribution in [1.29, 1.82) is 0 Å². The Morgan fingerprint density at radius 3 is 0.975 bits per heavy atom. The van der Waals surface area contributed by atoms with Crippen LogP contribution in [0.5, 0.6) is 0 Å². The highest BCUT2D eigenvalue weighted by molar-refractivity contribution is 7.75. The Balaban J connectivity index is 5.38. The second kappa shape index (κ2) is 10.9. The van der Waals surface area contributed by atoms with Gasteiger partial charge in [0.15, 0.2) is 0 Å². The zero-order valence-electron chi connectivity index (χ0n) is 18.9. The van der Waals surface area contributed by atoms with Crippen LogP contribution in [0.4, 0.5) is 0 Å². The molecule has 1 heterocycles. The molecule has 25 nitrogen and oxygen atoms in total. The number of nitrogens with zero attached hydrogens (tertiary/aromatic N) is 1. The van der Waals surface area contributed by atoms with E-state index in [0.29, 0.717) is 6.92 Å². The van der Waals surface area contributed by atoms with Gasteiger partial charge in [0, 0.05) is 0 Å². The van der Waals surface area contributed by atoms with Gasteiger partial charge in [0.05, 0.1) is 12.5 Å². The van der Waals surface area contributed by atoms with E-state index in [1.807, 2.05) is 0 Å². The summed E-state index contributed by atoms with van der Waals surface area (Å²) in [6, 6.07) is 0. The van der Waals surface area contributed by atoms with Crippen molar-refractivity contribution in [2.75, 3.05) is 0 Å². The fraction of sp³-hybridized carbons (Fsp3) is 1.00. The van der Waals surface area contributed by atoms with E-state index in [1.54, 1.807) is 0 Å². The predicted molar refractivity (Wildman–Crippen MR) is 124 cm³/mol. The second-order valence-electron chi connectivity index (χ2n) is 8.37. The molecule has 40 heavy (non-hydrogen) atoms. The quantitative estimate of drug-likeness (QED) is 0.0768. The second-order valence-corrected chi connectivity index (χ2v) is 23.8. The molecule has 33 heteroatoms. The monoisotopic (exact) mass is 754 g/mol. The van der Waals surface area contributed by atoms with Crippen LogP contribution in [0.15, 0.2) is 0 Å². The van der Waals surface area contributed by atoms with Gasteiger partial charge in [-0.1, -0.05) is 0 Å². The molecule has 0 aromatic carbocycles. The highest BCUT2D eigenvalue weighted by atomic mass is 31.3. The normalized spacial score (nSPS) is 26.7. The van der Waals surface area contributed by atoms with E-state index in [0.717, 1.165) is 0 Å². The van der Waals surface area contributed by atoms with Crippen LogP contribution in [0, 0.1) is 0 Å². The molecule has 0 aromatic heterocycles. The van der Waals surface area contributed by atoms with Gasteiger partial charge in [-0.3, -0.25) is 36.5 Å². The lowest BCUT2D eigenvalue weighted by Crippen LogP contribution is -2.74. The summed E-state index contributed by atoms with van der Waals surface area (Å²) in [5.74, 6) is 0. The molecule has 1 aliphatic rings. The highest BCUT2D eigenvalue weighted by Gasteiger charge is 2.92. The lowest BCUT2D eigenvalue weighted by Gasteiger charge is -2.58. The molecule has 0 amide bonds. The predicted octanol–water partition coefficient (Wildman–Crippen LogP) is -2.45. The average Bonchev–Trinajstić information content (AvgIpc) is 2.75. The third kappa shape index (κ3) is 6.71. The van der Waals surface area contributed by atoms with Gasteiger partial charge in [-0.15, -0.1) is 0 Å². The molecule has 240 valence electrons. The summed E-state index contributed by atoms with van der Waals surface area (Å²) in [5.41, 5.74) is -15.3. The topological polar surface area (TPSA) is 449 Å². The summed E-state index contributed by atoms with van der Waals surface area (Å²) in [7, 11) is -59.1. The number of hydrogen-bond donors (Lipinski definition) is 15. The Kier molecular flexibility index (Phi) is 10.7. The summed E-state index contributed by atoms with van der Waals surface area (Å²) in [6.07, 6.45) is -4.59. The maximum Gasteiger partial charge on any atom is 0.401 e. The van der Waals surface area contributed by atoms with Crippen LogP contribution in [0.3, 0.4) is 0 Å². The summed E-state index contributed by atoms with van der Waals surface area (Å²) < 4.78 is 101. The fourth-order valence-electron chi connectivity index (χ4n) is 4.75. The standard InChI is InChI=1S/C7H23NO24P8/c1-3-2-7(39(27,28)29,40(30,31)32-3)8(4(33(9,10)11)34(12,13)14,5(35(15,16)17)36(18,19)20)6(37(21,22)23)38(24,25)26/h3-6H,2H2,1H3,(H14-,9,10,11,12,13,14,15,16,17,18,19,20,21,22,23,24,25,26,27,28,29,30,31)/p+1. The zero-order valence-corrected chi connectivity index (χ0v) is 26.1. The van der Waals surface area contributed by atoms with Crippen molar-refractivity contribution in [3.63, 3.8) is 0 Å². The van der Waals surface area contributed by atoms with Crippen molar-refractivity contribution in [3.05, 3.63) is 0 Å². The molecule has 0 aromatic rings. The summed E-state index contributed by atoms with van der Waals surface area (Å²) in [6.45, 7) is 0.507. The summed E-state index contributed by atoms with van der Waals surface area (Å²) in [4.78, 5) is 150. The van der Waals surface area contributed by atoms with E-state index in [-0.39, 0.29) is 0 Å². The highest BCUT2D eigenvalue weighted by Crippen LogP contribution is 2.91. The van der Waals surface area contributed by atoms with Crippen LogP contribution in [0.1, 0.15) is 13.3 Å². The molecule has 15 N–H and O–H groups in total. The minimum Gasteiger partial charge on any atom is -0.320 e. The first-order chi connectivity index (χ1) is 16.9. The SMILES string of the molecule is CC1CC([N+](C(P(=O)(O)O)P(=O)(O)O)(C(P(=O)(O)O)P(=O)(O)O)C(P(=O)(O)O)P(=O)(O)O)(P(=O)(O)O)P(=O)(O)O1. The van der Waals surface area contributed by atoms with Gasteiger partial charge in [-0.25, -0.2) is 4.48 Å². The van der Waals surface area contributed by atoms with Crippen LogP contribution < -0.4 is 0 Å². The number of hydrogen-bond acceptors (Lipinski definition) is 9. The molecule has 1 saturated heterocycles. The van der Waals surface area contributed by atoms with Gasteiger partial charge in [0.2, 0.25) is 0 Å². The molecule has 1 fully saturated rings. The molecular weight excluding hydrogens is 730 g/mol. The third-order valence-corrected chi connectivity index (χ3v) is 21.8. The van der Waals surface area contributed by atoms with Crippen molar-refractivity contribution < 1.29 is 119 Å². The molecular formula is C7H24NO24P8+. The number of quaternary nitrogens is 1. The smallest absolute Gasteiger partial charge is 0.320 e. The van der Waals surface area contributed by atoms with Crippen molar-refractivity contribution in [2.45, 2.75) is 41.0 Å². The van der Waals surface area contributed by atoms with E-state index in [4.69, 9.17) is 0 Å². The average molecular weight is 754 g/mol. The first-order valence-corrected chi connectivity index (χ1v) is 22.5. The minimum atomic E-state index is -7.44.